The van der Waals surface area contributed by atoms with Crippen molar-refractivity contribution in [3.8, 4) is 0 Å². The fourth-order valence-corrected chi connectivity index (χ4v) is 2.53. The summed E-state index contributed by atoms with van der Waals surface area (Å²) in [4.78, 5) is 22.6. The van der Waals surface area contributed by atoms with Crippen molar-refractivity contribution in [3.63, 3.8) is 0 Å². The normalized spacial score (nSPS) is 12.1. The molecule has 0 heterocycles. The quantitative estimate of drug-likeness (QED) is 0.511. The second-order valence-corrected chi connectivity index (χ2v) is 5.74. The summed E-state index contributed by atoms with van der Waals surface area (Å²) in [7, 11) is 0. The highest BCUT2D eigenvalue weighted by atomic mass is 16.6. The Labute approximate surface area is 141 Å². The molecular weight excluding hydrogens is 304 g/mol. The molecule has 2 rings (SSSR count). The lowest BCUT2D eigenvalue weighted by molar-refractivity contribution is -0.385. The highest BCUT2D eigenvalue weighted by molar-refractivity contribution is 5.92. The summed E-state index contributed by atoms with van der Waals surface area (Å²) in [6.45, 7) is 5.92. The molecule has 0 bridgehead atoms. The maximum Gasteiger partial charge on any atom is 0.276 e. The topological polar surface area (TPSA) is 72.2 Å². The average Bonchev–Trinajstić information content (AvgIpc) is 2.55. The van der Waals surface area contributed by atoms with Gasteiger partial charge in [0.15, 0.2) is 0 Å². The van der Waals surface area contributed by atoms with Gasteiger partial charge >= 0.3 is 0 Å². The first kappa shape index (κ1) is 17.4. The van der Waals surface area contributed by atoms with Crippen LogP contribution < -0.4 is 5.32 Å². The molecule has 2 aromatic rings. The third kappa shape index (κ3) is 4.29. The van der Waals surface area contributed by atoms with Crippen LogP contribution in [0, 0.1) is 24.0 Å². The number of carbonyl (C=O) groups excluding carboxylic acids is 1. The predicted octanol–water partition coefficient (Wildman–Crippen LogP) is 4.10. The molecule has 0 saturated carbocycles. The molecule has 0 fully saturated rings. The van der Waals surface area contributed by atoms with Crippen LogP contribution in [0.4, 0.5) is 5.69 Å². The lowest BCUT2D eigenvalue weighted by atomic mass is 10.00. The van der Waals surface area contributed by atoms with Gasteiger partial charge in [0.05, 0.1) is 16.5 Å². The third-order valence-corrected chi connectivity index (χ3v) is 3.81. The lowest BCUT2D eigenvalue weighted by Gasteiger charge is -2.16. The van der Waals surface area contributed by atoms with Crippen LogP contribution in [0.1, 0.15) is 35.2 Å². The van der Waals surface area contributed by atoms with Crippen molar-refractivity contribution in [1.82, 2.24) is 5.32 Å². The van der Waals surface area contributed by atoms with E-state index in [1.165, 1.54) is 18.2 Å². The number of benzene rings is 2. The van der Waals surface area contributed by atoms with Crippen molar-refractivity contribution >= 4 is 17.7 Å². The van der Waals surface area contributed by atoms with Gasteiger partial charge in [-0.1, -0.05) is 35.9 Å². The summed E-state index contributed by atoms with van der Waals surface area (Å²) < 4.78 is 0. The summed E-state index contributed by atoms with van der Waals surface area (Å²) in [5.41, 5.74) is 3.67. The van der Waals surface area contributed by atoms with Crippen LogP contribution in [-0.4, -0.2) is 10.8 Å². The van der Waals surface area contributed by atoms with Crippen molar-refractivity contribution in [3.05, 3.63) is 80.9 Å². The monoisotopic (exact) mass is 324 g/mol. The molecule has 124 valence electrons. The fourth-order valence-electron chi connectivity index (χ4n) is 2.53. The van der Waals surface area contributed by atoms with Gasteiger partial charge in [0, 0.05) is 12.1 Å². The zero-order valence-corrected chi connectivity index (χ0v) is 13.9. The molecule has 5 nitrogen and oxygen atoms in total. The van der Waals surface area contributed by atoms with E-state index in [1.807, 2.05) is 39.0 Å². The van der Waals surface area contributed by atoms with Crippen LogP contribution in [0.15, 0.2) is 48.5 Å². The predicted molar refractivity (Wildman–Crippen MR) is 94.6 cm³/mol. The van der Waals surface area contributed by atoms with E-state index in [0.29, 0.717) is 5.56 Å². The Morgan fingerprint density at radius 3 is 2.62 bits per heavy atom. The van der Waals surface area contributed by atoms with Gasteiger partial charge in [0.2, 0.25) is 5.91 Å². The van der Waals surface area contributed by atoms with Gasteiger partial charge < -0.3 is 5.32 Å². The number of amides is 1. The van der Waals surface area contributed by atoms with Crippen LogP contribution in [0.25, 0.3) is 6.08 Å². The second-order valence-electron chi connectivity index (χ2n) is 5.74. The number of rotatable bonds is 5. The van der Waals surface area contributed by atoms with Gasteiger partial charge in [-0.25, -0.2) is 0 Å². The van der Waals surface area contributed by atoms with E-state index >= 15 is 0 Å². The summed E-state index contributed by atoms with van der Waals surface area (Å²) in [5, 5.41) is 13.9. The van der Waals surface area contributed by atoms with Crippen molar-refractivity contribution in [2.24, 2.45) is 0 Å². The number of nitro groups is 1. The third-order valence-electron chi connectivity index (χ3n) is 3.81. The van der Waals surface area contributed by atoms with Crippen molar-refractivity contribution in [2.45, 2.75) is 26.8 Å². The van der Waals surface area contributed by atoms with Crippen LogP contribution in [-0.2, 0) is 4.79 Å². The second kappa shape index (κ2) is 7.55. The van der Waals surface area contributed by atoms with Crippen LogP contribution in [0.2, 0.25) is 0 Å². The van der Waals surface area contributed by atoms with E-state index in [1.54, 1.807) is 18.2 Å². The largest absolute Gasteiger partial charge is 0.346 e. The minimum Gasteiger partial charge on any atom is -0.346 e. The molecule has 0 aliphatic rings. The minimum absolute atomic E-state index is 0.0240. The van der Waals surface area contributed by atoms with Crippen LogP contribution >= 0.6 is 0 Å². The number of hydrogen-bond acceptors (Lipinski definition) is 3. The number of hydrogen-bond donors (Lipinski definition) is 1. The van der Waals surface area contributed by atoms with Crippen molar-refractivity contribution in [1.29, 1.82) is 0 Å². The standard InChI is InChI=1S/C19H20N2O3/c1-13-8-9-14(2)17(12-13)15(3)20-19(22)11-10-16-6-4-5-7-18(16)21(23)24/h4-12,15H,1-3H3,(H,20,22)/b11-10+. The Kier molecular flexibility index (Phi) is 5.47. The van der Waals surface area contributed by atoms with E-state index in [2.05, 4.69) is 5.32 Å². The average molecular weight is 324 g/mol. The highest BCUT2D eigenvalue weighted by Crippen LogP contribution is 2.20. The Bertz CT molecular complexity index is 797. The summed E-state index contributed by atoms with van der Waals surface area (Å²) in [6.07, 6.45) is 2.78. The lowest BCUT2D eigenvalue weighted by Crippen LogP contribution is -2.25. The molecule has 24 heavy (non-hydrogen) atoms. The Morgan fingerprint density at radius 2 is 1.92 bits per heavy atom. The molecular formula is C19H20N2O3. The summed E-state index contributed by atoms with van der Waals surface area (Å²) in [5.74, 6) is -0.290. The molecule has 0 aliphatic heterocycles. The van der Waals surface area contributed by atoms with Gasteiger partial charge in [0.25, 0.3) is 5.69 Å². The number of nitrogens with zero attached hydrogens (tertiary/aromatic N) is 1. The first-order valence-electron chi connectivity index (χ1n) is 7.67. The van der Waals surface area contributed by atoms with Crippen molar-refractivity contribution in [2.75, 3.05) is 0 Å². The van der Waals surface area contributed by atoms with Gasteiger partial charge in [0.1, 0.15) is 0 Å². The van der Waals surface area contributed by atoms with Crippen molar-refractivity contribution < 1.29 is 9.72 Å². The van der Waals surface area contributed by atoms with Gasteiger partial charge in [-0.2, -0.15) is 0 Å². The first-order chi connectivity index (χ1) is 11.4. The Hall–Kier alpha value is -2.95. The summed E-state index contributed by atoms with van der Waals surface area (Å²) >= 11 is 0. The summed E-state index contributed by atoms with van der Waals surface area (Å²) in [6, 6.07) is 12.3. The van der Waals surface area contributed by atoms with E-state index in [4.69, 9.17) is 0 Å². The molecule has 1 amide bonds. The molecule has 0 spiro atoms. The number of nitrogens with one attached hydrogen (secondary N) is 1. The van der Waals surface area contributed by atoms with Crippen LogP contribution in [0.3, 0.4) is 0 Å². The zero-order chi connectivity index (χ0) is 17.7. The van der Waals surface area contributed by atoms with E-state index < -0.39 is 4.92 Å². The van der Waals surface area contributed by atoms with E-state index in [0.717, 1.165) is 16.7 Å². The number of carbonyl (C=O) groups is 1. The molecule has 5 heteroatoms. The number of nitro benzene ring substituents is 1. The molecule has 0 saturated heterocycles. The maximum atomic E-state index is 12.1. The molecule has 1 unspecified atom stereocenters. The molecule has 0 aromatic heterocycles. The zero-order valence-electron chi connectivity index (χ0n) is 13.9. The maximum absolute atomic E-state index is 12.1. The Balaban J connectivity index is 2.11. The van der Waals surface area contributed by atoms with E-state index in [-0.39, 0.29) is 17.6 Å². The van der Waals surface area contributed by atoms with E-state index in [9.17, 15) is 14.9 Å². The van der Waals surface area contributed by atoms with Gasteiger partial charge in [-0.3, -0.25) is 14.9 Å². The molecule has 2 aromatic carbocycles. The number of para-hydroxylation sites is 1. The fraction of sp³-hybridized carbons (Fsp3) is 0.211. The van der Waals surface area contributed by atoms with Gasteiger partial charge in [-0.15, -0.1) is 0 Å². The van der Waals surface area contributed by atoms with Crippen LogP contribution in [0.5, 0.6) is 0 Å². The number of aryl methyl sites for hydroxylation is 2. The minimum atomic E-state index is -0.462. The highest BCUT2D eigenvalue weighted by Gasteiger charge is 2.12. The first-order valence-corrected chi connectivity index (χ1v) is 7.67. The smallest absolute Gasteiger partial charge is 0.276 e. The van der Waals surface area contributed by atoms with Gasteiger partial charge in [-0.05, 0) is 44.0 Å². The molecule has 1 N–H and O–H groups in total. The Morgan fingerprint density at radius 1 is 1.21 bits per heavy atom. The SMILES string of the molecule is Cc1ccc(C)c(C(C)NC(=O)/C=C/c2ccccc2[N+](=O)[O-])c1. The molecule has 1 atom stereocenters. The molecule has 0 aliphatic carbocycles. The molecule has 0 radical (unpaired) electrons.